The average Bonchev–Trinajstić information content (AvgIpc) is 3.39. The van der Waals surface area contributed by atoms with Crippen molar-refractivity contribution in [2.45, 2.75) is 24.2 Å². The van der Waals surface area contributed by atoms with Crippen LogP contribution in [0.2, 0.25) is 0 Å². The number of halogens is 1. The van der Waals surface area contributed by atoms with E-state index in [1.807, 2.05) is 6.08 Å². The highest BCUT2D eigenvalue weighted by Crippen LogP contribution is 2.37. The normalized spacial score (nSPS) is 13.9. The van der Waals surface area contributed by atoms with Crippen LogP contribution in [0, 0.1) is 0 Å². The third-order valence-electron chi connectivity index (χ3n) is 4.76. The summed E-state index contributed by atoms with van der Waals surface area (Å²) < 4.78 is 44.7. The third kappa shape index (κ3) is 5.48. The van der Waals surface area contributed by atoms with Crippen LogP contribution in [-0.4, -0.2) is 47.6 Å². The van der Waals surface area contributed by atoms with E-state index in [0.717, 1.165) is 12.0 Å². The second-order valence-corrected chi connectivity index (χ2v) is 8.93. The number of hydrogen-bond donors (Lipinski definition) is 2. The highest BCUT2D eigenvalue weighted by molar-refractivity contribution is 7.89. The van der Waals surface area contributed by atoms with Crippen molar-refractivity contribution in [1.82, 2.24) is 10.0 Å². The van der Waals surface area contributed by atoms with Crippen LogP contribution in [0.5, 0.6) is 5.75 Å². The van der Waals surface area contributed by atoms with Crippen LogP contribution >= 0.6 is 11.6 Å². The molecule has 0 unspecified atom stereocenters. The predicted octanol–water partition coefficient (Wildman–Crippen LogP) is 3.17. The molecule has 0 saturated carbocycles. The maximum atomic E-state index is 12.9. The molecule has 168 valence electrons. The molecular weight excluding hydrogens is 444 g/mol. The summed E-state index contributed by atoms with van der Waals surface area (Å²) >= 11 is 5.53. The monoisotopic (exact) mass is 468 g/mol. The topological polar surface area (TPSA) is 107 Å². The van der Waals surface area contributed by atoms with Gasteiger partial charge in [0.05, 0.1) is 12.0 Å². The first-order valence-corrected chi connectivity index (χ1v) is 11.8. The summed E-state index contributed by atoms with van der Waals surface area (Å²) in [7, 11) is -0.649. The van der Waals surface area contributed by atoms with Gasteiger partial charge in [-0.1, -0.05) is 6.08 Å². The number of hydrogen-bond acceptors (Lipinski definition) is 6. The van der Waals surface area contributed by atoms with E-state index in [4.69, 9.17) is 25.5 Å². The summed E-state index contributed by atoms with van der Waals surface area (Å²) in [5.41, 5.74) is 1.77. The van der Waals surface area contributed by atoms with Gasteiger partial charge in [-0.2, -0.15) is 0 Å². The Bertz CT molecular complexity index is 1120. The van der Waals surface area contributed by atoms with E-state index in [9.17, 15) is 13.2 Å². The van der Waals surface area contributed by atoms with Crippen molar-refractivity contribution in [3.8, 4) is 5.75 Å². The second-order valence-electron chi connectivity index (χ2n) is 6.93. The minimum absolute atomic E-state index is 0.114. The van der Waals surface area contributed by atoms with E-state index in [-0.39, 0.29) is 16.7 Å². The fourth-order valence-corrected chi connectivity index (χ4v) is 4.59. The Kier molecular flexibility index (Phi) is 7.77. The Hall–Kier alpha value is -2.33. The Balaban J connectivity index is 1.90. The molecule has 1 amide bonds. The molecule has 2 aromatic rings. The lowest BCUT2D eigenvalue weighted by Crippen LogP contribution is -2.25. The molecule has 1 heterocycles. The minimum atomic E-state index is -3.75. The number of ether oxygens (including phenoxy) is 2. The molecular formula is C21H25ClN2O6S. The fourth-order valence-electron chi connectivity index (χ4n) is 3.26. The van der Waals surface area contributed by atoms with Crippen molar-refractivity contribution >= 4 is 44.1 Å². The van der Waals surface area contributed by atoms with Gasteiger partial charge in [0.1, 0.15) is 11.6 Å². The van der Waals surface area contributed by atoms with Gasteiger partial charge in [-0.15, -0.1) is 11.6 Å². The molecule has 0 bridgehead atoms. The van der Waals surface area contributed by atoms with Crippen LogP contribution in [0.25, 0.3) is 16.5 Å². The number of amides is 1. The van der Waals surface area contributed by atoms with Gasteiger partial charge in [-0.05, 0) is 37.1 Å². The Morgan fingerprint density at radius 3 is 2.77 bits per heavy atom. The molecule has 1 aliphatic carbocycles. The van der Waals surface area contributed by atoms with Crippen molar-refractivity contribution in [2.75, 3.05) is 33.3 Å². The fraction of sp³-hybridized carbons (Fsp3) is 0.381. The summed E-state index contributed by atoms with van der Waals surface area (Å²) in [4.78, 5) is 11.6. The van der Waals surface area contributed by atoms with E-state index < -0.39 is 10.0 Å². The van der Waals surface area contributed by atoms with Crippen LogP contribution in [0.4, 0.5) is 0 Å². The molecule has 0 spiro atoms. The van der Waals surface area contributed by atoms with Gasteiger partial charge in [0.2, 0.25) is 15.9 Å². The minimum Gasteiger partial charge on any atom is -0.493 e. The van der Waals surface area contributed by atoms with Crippen molar-refractivity contribution in [3.05, 3.63) is 41.8 Å². The molecule has 0 atom stereocenters. The van der Waals surface area contributed by atoms with Crippen molar-refractivity contribution < 1.29 is 27.1 Å². The molecule has 2 N–H and O–H groups in total. The summed E-state index contributed by atoms with van der Waals surface area (Å²) in [6, 6.07) is 4.75. The summed E-state index contributed by atoms with van der Waals surface area (Å²) in [6.45, 7) is 0.886. The third-order valence-corrected chi connectivity index (χ3v) is 6.52. The van der Waals surface area contributed by atoms with Crippen molar-refractivity contribution in [1.29, 1.82) is 0 Å². The van der Waals surface area contributed by atoms with Gasteiger partial charge in [0.15, 0.2) is 11.3 Å². The number of rotatable bonds is 11. The SMILES string of the molecule is COCCCCNS(=O)(=O)c1ccc(OC)c2oc(C3=CCC(NC(=O)CCl)=C3)cc12. The molecule has 8 nitrogen and oxygen atoms in total. The van der Waals surface area contributed by atoms with Crippen LogP contribution in [0.1, 0.15) is 25.0 Å². The zero-order chi connectivity index (χ0) is 22.4. The van der Waals surface area contributed by atoms with E-state index in [0.29, 0.717) is 54.2 Å². The Morgan fingerprint density at radius 2 is 2.06 bits per heavy atom. The van der Waals surface area contributed by atoms with Gasteiger partial charge in [0, 0.05) is 43.3 Å². The summed E-state index contributed by atoms with van der Waals surface area (Å²) in [6.07, 6.45) is 5.60. The van der Waals surface area contributed by atoms with Gasteiger partial charge in [-0.3, -0.25) is 4.79 Å². The Labute approximate surface area is 186 Å². The number of nitrogens with one attached hydrogen (secondary N) is 2. The molecule has 0 radical (unpaired) electrons. The Morgan fingerprint density at radius 1 is 1.26 bits per heavy atom. The van der Waals surface area contributed by atoms with Gasteiger partial charge >= 0.3 is 0 Å². The van der Waals surface area contributed by atoms with Crippen molar-refractivity contribution in [3.63, 3.8) is 0 Å². The van der Waals surface area contributed by atoms with Gasteiger partial charge in [-0.25, -0.2) is 13.1 Å². The molecule has 31 heavy (non-hydrogen) atoms. The number of methoxy groups -OCH3 is 2. The second kappa shape index (κ2) is 10.3. The molecule has 10 heteroatoms. The van der Waals surface area contributed by atoms with E-state index in [2.05, 4.69) is 10.0 Å². The molecule has 0 aliphatic heterocycles. The van der Waals surface area contributed by atoms with E-state index in [1.165, 1.54) is 13.2 Å². The molecule has 0 fully saturated rings. The maximum absolute atomic E-state index is 12.9. The first-order valence-electron chi connectivity index (χ1n) is 9.75. The number of benzene rings is 1. The number of sulfonamides is 1. The van der Waals surface area contributed by atoms with Crippen LogP contribution < -0.4 is 14.8 Å². The lowest BCUT2D eigenvalue weighted by Gasteiger charge is -2.09. The quantitative estimate of drug-likeness (QED) is 0.387. The van der Waals surface area contributed by atoms with Gasteiger partial charge in [0.25, 0.3) is 0 Å². The van der Waals surface area contributed by atoms with E-state index >= 15 is 0 Å². The zero-order valence-electron chi connectivity index (χ0n) is 17.4. The van der Waals surface area contributed by atoms with E-state index in [1.54, 1.807) is 25.3 Å². The van der Waals surface area contributed by atoms with Crippen LogP contribution in [-0.2, 0) is 19.6 Å². The van der Waals surface area contributed by atoms with Crippen LogP contribution in [0.3, 0.4) is 0 Å². The molecule has 1 aromatic heterocycles. The lowest BCUT2D eigenvalue weighted by atomic mass is 10.2. The highest BCUT2D eigenvalue weighted by Gasteiger charge is 2.23. The number of unbranched alkanes of at least 4 members (excludes halogenated alkanes) is 1. The largest absolute Gasteiger partial charge is 0.493 e. The number of alkyl halides is 1. The number of furan rings is 1. The summed E-state index contributed by atoms with van der Waals surface area (Å²) in [5, 5.41) is 3.14. The molecule has 1 aliphatic rings. The smallest absolute Gasteiger partial charge is 0.241 e. The number of carbonyl (C=O) groups excluding carboxylic acids is 1. The first kappa shape index (κ1) is 23.3. The predicted molar refractivity (Wildman–Crippen MR) is 119 cm³/mol. The molecule has 1 aromatic carbocycles. The van der Waals surface area contributed by atoms with Crippen LogP contribution in [0.15, 0.2) is 45.4 Å². The molecule has 0 saturated heterocycles. The average molecular weight is 469 g/mol. The van der Waals surface area contributed by atoms with Crippen molar-refractivity contribution in [2.24, 2.45) is 0 Å². The molecule has 3 rings (SSSR count). The number of fused-ring (bicyclic) bond motifs is 1. The highest BCUT2D eigenvalue weighted by atomic mass is 35.5. The number of carbonyl (C=O) groups is 1. The maximum Gasteiger partial charge on any atom is 0.241 e. The summed E-state index contributed by atoms with van der Waals surface area (Å²) in [5.74, 6) is 0.484. The first-order chi connectivity index (χ1) is 14.9. The zero-order valence-corrected chi connectivity index (χ0v) is 18.9. The van der Waals surface area contributed by atoms with Gasteiger partial charge < -0.3 is 19.2 Å². The standard InChI is InChI=1S/C21H25ClN2O6S/c1-28-10-4-3-9-23-31(26,27)19-8-7-17(29-2)21-16(19)12-18(30-21)14-5-6-15(11-14)24-20(25)13-22/h5,7-8,11-12,23H,3-4,6,9-10,13H2,1-2H3,(H,24,25). The lowest BCUT2D eigenvalue weighted by molar-refractivity contribution is -0.118. The number of allylic oxidation sites excluding steroid dienone is 3.